The van der Waals surface area contributed by atoms with Gasteiger partial charge < -0.3 is 75.0 Å². The first-order chi connectivity index (χ1) is 13.2. The van der Waals surface area contributed by atoms with E-state index in [0.717, 1.165) is 0 Å². The maximum absolute atomic E-state index is 9.04. The fraction of sp³-hybridized carbons (Fsp3) is 0. The van der Waals surface area contributed by atoms with Crippen LogP contribution in [0.1, 0.15) is 0 Å². The van der Waals surface area contributed by atoms with Gasteiger partial charge in [-0.05, 0) is 0 Å². The van der Waals surface area contributed by atoms with Crippen LogP contribution in [0, 0.1) is 0 Å². The molecule has 21 heteroatoms. The second-order valence-electron chi connectivity index (χ2n) is 2.96. The first-order valence-corrected chi connectivity index (χ1v) is 5.43. The Balaban J connectivity index is -0.0000000625. The molecule has 31 heavy (non-hydrogen) atoms. The third-order valence-electron chi connectivity index (χ3n) is 0.873. The zero-order valence-corrected chi connectivity index (χ0v) is 17.0. The number of hydrogen-bond acceptors (Lipinski definition) is 15. The van der Waals surface area contributed by atoms with Gasteiger partial charge >= 0.3 is 52.2 Å². The zero-order valence-electron chi connectivity index (χ0n) is 13.8. The summed E-state index contributed by atoms with van der Waals surface area (Å²) >= 11 is 0. The molecule has 0 saturated carbocycles. The Morgan fingerprint density at radius 1 is 0.323 bits per heavy atom. The molecular formula is C10H5O20Ta. The number of rotatable bonds is 0. The van der Waals surface area contributed by atoms with Crippen molar-refractivity contribution in [2.75, 3.05) is 0 Å². The van der Waals surface area contributed by atoms with E-state index >= 15 is 0 Å². The molecule has 0 aromatic carbocycles. The molecule has 0 radical (unpaired) electrons. The predicted octanol–water partition coefficient (Wildman–Crippen LogP) is -10.9. The van der Waals surface area contributed by atoms with Crippen molar-refractivity contribution >= 4 is 59.7 Å². The molecule has 0 aliphatic heterocycles. The molecule has 0 aliphatic rings. The van der Waals surface area contributed by atoms with Gasteiger partial charge in [-0.2, -0.15) is 0 Å². The molecule has 0 fully saturated rings. The Morgan fingerprint density at radius 3 is 0.355 bits per heavy atom. The van der Waals surface area contributed by atoms with E-state index in [1.165, 1.54) is 0 Å². The molecular weight excluding hydrogens is 621 g/mol. The van der Waals surface area contributed by atoms with E-state index in [2.05, 4.69) is 0 Å². The summed E-state index contributed by atoms with van der Waals surface area (Å²) in [6.45, 7) is 0. The molecule has 170 valence electrons. The first-order valence-electron chi connectivity index (χ1n) is 5.43. The quantitative estimate of drug-likeness (QED) is 0.156. The average Bonchev–Trinajstić information content (AvgIpc) is 2.56. The molecule has 20 nitrogen and oxygen atoms in total. The minimum Gasteiger partial charge on any atom is -0.539 e. The Kier molecular flexibility index (Phi) is 31.0. The molecule has 0 aliphatic carbocycles. The minimum atomic E-state index is -2.07. The number of carbonyl (C=O) groups is 10. The molecule has 0 amide bonds. The van der Waals surface area contributed by atoms with Crippen molar-refractivity contribution in [3.8, 4) is 0 Å². The van der Waals surface area contributed by atoms with Gasteiger partial charge in [-0.25, -0.2) is 24.0 Å². The maximum Gasteiger partial charge on any atom is 5.00 e. The SMILES string of the molecule is O=C([O-])C(=O)O.O=C([O-])C(=O)O.O=C([O-])C(=O)O.O=C([O-])C(=O)O.O=C([O-])C(=O)O.[Ta+5]. The smallest absolute Gasteiger partial charge is 0.539 e. The van der Waals surface area contributed by atoms with Crippen molar-refractivity contribution in [3.63, 3.8) is 0 Å². The summed E-state index contributed by atoms with van der Waals surface area (Å²) in [4.78, 5) is 90.1. The summed E-state index contributed by atoms with van der Waals surface area (Å²) in [5, 5.41) is 81.6. The van der Waals surface area contributed by atoms with Crippen molar-refractivity contribution in [3.05, 3.63) is 0 Å². The van der Waals surface area contributed by atoms with Crippen LogP contribution >= 0.6 is 0 Å². The van der Waals surface area contributed by atoms with Gasteiger partial charge in [0.05, 0.1) is 0 Å². The van der Waals surface area contributed by atoms with Crippen LogP contribution in [0.5, 0.6) is 0 Å². The Morgan fingerprint density at radius 2 is 0.355 bits per heavy atom. The molecule has 0 heterocycles. The normalized spacial score (nSPS) is 7.10. The third-order valence-corrected chi connectivity index (χ3v) is 0.873. The minimum absolute atomic E-state index is 0. The van der Waals surface area contributed by atoms with Crippen molar-refractivity contribution in [1.29, 1.82) is 0 Å². The molecule has 0 spiro atoms. The van der Waals surface area contributed by atoms with Gasteiger partial charge in [0, 0.05) is 0 Å². The summed E-state index contributed by atoms with van der Waals surface area (Å²) in [5.41, 5.74) is 0. The number of carboxylic acids is 10. The van der Waals surface area contributed by atoms with Gasteiger partial charge in [0.15, 0.2) is 29.8 Å². The van der Waals surface area contributed by atoms with Gasteiger partial charge in [0.1, 0.15) is 0 Å². The molecule has 0 rings (SSSR count). The predicted molar refractivity (Wildman–Crippen MR) is 63.2 cm³/mol. The van der Waals surface area contributed by atoms with Crippen LogP contribution in [0.3, 0.4) is 0 Å². The average molecular weight is 626 g/mol. The Bertz CT molecular complexity index is 503. The second-order valence-corrected chi connectivity index (χ2v) is 2.96. The topological polar surface area (TPSA) is 387 Å². The molecule has 0 unspecified atom stereocenters. The largest absolute Gasteiger partial charge is 5.00 e. The summed E-state index contributed by atoms with van der Waals surface area (Å²) in [6, 6.07) is 0. The van der Waals surface area contributed by atoms with E-state index < -0.39 is 59.7 Å². The fourth-order valence-corrected chi connectivity index (χ4v) is 0. The third kappa shape index (κ3) is 58.6. The van der Waals surface area contributed by atoms with Crippen molar-refractivity contribution < 1.29 is 121 Å². The van der Waals surface area contributed by atoms with Crippen LogP contribution in [-0.2, 0) is 70.3 Å². The van der Waals surface area contributed by atoms with Gasteiger partial charge in [0.2, 0.25) is 0 Å². The van der Waals surface area contributed by atoms with Gasteiger partial charge in [-0.1, -0.05) is 0 Å². The van der Waals surface area contributed by atoms with Crippen molar-refractivity contribution in [1.82, 2.24) is 0 Å². The Labute approximate surface area is 181 Å². The number of carbonyl (C=O) groups excluding carboxylic acids is 5. The monoisotopic (exact) mass is 626 g/mol. The van der Waals surface area contributed by atoms with Crippen LogP contribution in [0.15, 0.2) is 0 Å². The number of hydrogen-bond donors (Lipinski definition) is 5. The van der Waals surface area contributed by atoms with E-state index in [-0.39, 0.29) is 22.4 Å². The van der Waals surface area contributed by atoms with E-state index in [4.69, 9.17) is 99.0 Å². The van der Waals surface area contributed by atoms with Crippen LogP contribution in [0.4, 0.5) is 0 Å². The molecule has 0 atom stereocenters. The zero-order chi connectivity index (χ0) is 25.8. The van der Waals surface area contributed by atoms with E-state index in [1.807, 2.05) is 0 Å². The van der Waals surface area contributed by atoms with E-state index in [0.29, 0.717) is 0 Å². The summed E-state index contributed by atoms with van der Waals surface area (Å²) in [6.07, 6.45) is 0. The van der Waals surface area contributed by atoms with Crippen LogP contribution in [0.25, 0.3) is 0 Å². The van der Waals surface area contributed by atoms with E-state index in [1.54, 1.807) is 0 Å². The molecule has 0 saturated heterocycles. The van der Waals surface area contributed by atoms with Crippen molar-refractivity contribution in [2.24, 2.45) is 0 Å². The van der Waals surface area contributed by atoms with Crippen LogP contribution in [-0.4, -0.2) is 85.2 Å². The van der Waals surface area contributed by atoms with Crippen molar-refractivity contribution in [2.45, 2.75) is 0 Å². The van der Waals surface area contributed by atoms with Gasteiger partial charge in [0.25, 0.3) is 0 Å². The van der Waals surface area contributed by atoms with E-state index in [9.17, 15) is 0 Å². The standard InChI is InChI=1S/5C2H2O4.Ta/c5*3-1(4)2(5)6;/h5*(H,3,4)(H,5,6);/q;;;;;+5/p-5. The van der Waals surface area contributed by atoms with Gasteiger partial charge in [-0.3, -0.25) is 0 Å². The molecule has 0 aromatic rings. The van der Waals surface area contributed by atoms with Crippen LogP contribution in [0.2, 0.25) is 0 Å². The summed E-state index contributed by atoms with van der Waals surface area (Å²) in [5.74, 6) is -20.0. The number of carboxylic acid groups (broad SMARTS) is 10. The van der Waals surface area contributed by atoms with Gasteiger partial charge in [-0.15, -0.1) is 0 Å². The summed E-state index contributed by atoms with van der Waals surface area (Å²) < 4.78 is 0. The summed E-state index contributed by atoms with van der Waals surface area (Å²) in [7, 11) is 0. The first kappa shape index (κ1) is 41.0. The number of aliphatic carboxylic acids is 10. The Hall–Kier alpha value is -4.56. The maximum atomic E-state index is 9.04. The fourth-order valence-electron chi connectivity index (χ4n) is 0. The molecule has 0 aromatic heterocycles. The van der Waals surface area contributed by atoms with Crippen LogP contribution < -0.4 is 25.5 Å². The molecule has 0 bridgehead atoms. The second kappa shape index (κ2) is 23.5. The molecule has 5 N–H and O–H groups in total.